The molecule has 332 valence electrons. The van der Waals surface area contributed by atoms with E-state index in [2.05, 4.69) is 35.7 Å². The molecule has 0 radical (unpaired) electrons. The van der Waals surface area contributed by atoms with E-state index in [1.54, 1.807) is 31.3 Å². The van der Waals surface area contributed by atoms with Crippen molar-refractivity contribution in [3.05, 3.63) is 183 Å². The van der Waals surface area contributed by atoms with Gasteiger partial charge in [-0.1, -0.05) is 103 Å². The lowest BCUT2D eigenvalue weighted by Crippen LogP contribution is -3.11. The second-order valence-electron chi connectivity index (χ2n) is 15.0. The Morgan fingerprint density at radius 3 is 1.92 bits per heavy atom. The maximum absolute atomic E-state index is 13.4. The van der Waals surface area contributed by atoms with E-state index in [1.807, 2.05) is 115 Å². The number of H-pyrrole nitrogens is 1. The van der Waals surface area contributed by atoms with Crippen LogP contribution in [0.1, 0.15) is 61.5 Å². The van der Waals surface area contributed by atoms with Gasteiger partial charge in [0.1, 0.15) is 29.5 Å². The van der Waals surface area contributed by atoms with Crippen molar-refractivity contribution in [3.8, 4) is 16.9 Å². The highest BCUT2D eigenvalue weighted by molar-refractivity contribution is 7.45. The van der Waals surface area contributed by atoms with Crippen LogP contribution in [0.25, 0.3) is 11.1 Å². The van der Waals surface area contributed by atoms with Crippen LogP contribution in [0.2, 0.25) is 0 Å². The second kappa shape index (κ2) is 22.2. The molecule has 15 heteroatoms. The Morgan fingerprint density at radius 1 is 0.825 bits per heavy atom. The van der Waals surface area contributed by atoms with Gasteiger partial charge < -0.3 is 33.1 Å². The molecule has 4 aromatic carbocycles. The molecule has 0 spiro atoms. The Kier molecular flexibility index (Phi) is 16.5. The van der Waals surface area contributed by atoms with Crippen LogP contribution in [0.15, 0.2) is 143 Å². The van der Waals surface area contributed by atoms with Crippen LogP contribution in [-0.4, -0.2) is 71.7 Å². The Morgan fingerprint density at radius 2 is 1.38 bits per heavy atom. The van der Waals surface area contributed by atoms with Crippen LogP contribution in [0.5, 0.6) is 5.75 Å². The fourth-order valence-electron chi connectivity index (χ4n) is 7.52. The molecular formula is C48H56N5O9P. The predicted octanol–water partition coefficient (Wildman–Crippen LogP) is 5.65. The summed E-state index contributed by atoms with van der Waals surface area (Å²) in [4.78, 5) is 51.3. The standard InChI is InChI=1S/C42H41N4O9P.C6H15N/c1-29-27-46(41(48)45-40(29)47)39-24-36(55-56(49,50)53-23-22-38-43-25-31(26-44-38)30-12-6-3-7-13-30)37(54-39)28-52-42(32-14-8-4-9-15-32,33-16-10-5-11-17-33)34-18-20-35(51-2)21-19-34;1-4-7(5-2)6-3/h3-21,25-27,36-37,39H,22-24,28H2,1-2H3,(H,49,50)(H,45,47,48);4-6H2,1-3H3/t36-,37+,39+;/m0./s1. The molecule has 63 heavy (non-hydrogen) atoms. The molecule has 1 fully saturated rings. The molecular weight excluding hydrogens is 822 g/mol. The van der Waals surface area contributed by atoms with Gasteiger partial charge in [-0.2, -0.15) is 0 Å². The highest BCUT2D eigenvalue weighted by Crippen LogP contribution is 2.46. The molecule has 1 aliphatic heterocycles. The van der Waals surface area contributed by atoms with Crippen molar-refractivity contribution in [2.24, 2.45) is 0 Å². The number of methoxy groups -OCH3 is 1. The maximum atomic E-state index is 13.4. The molecule has 1 aliphatic rings. The topological polar surface area (TPSA) is 171 Å². The highest BCUT2D eigenvalue weighted by Gasteiger charge is 2.44. The van der Waals surface area contributed by atoms with E-state index in [4.69, 9.17) is 23.3 Å². The molecule has 1 saturated heterocycles. The zero-order chi connectivity index (χ0) is 44.8. The number of phosphoric acid groups is 1. The van der Waals surface area contributed by atoms with E-state index in [0.717, 1.165) is 27.8 Å². The van der Waals surface area contributed by atoms with E-state index < -0.39 is 43.1 Å². The number of rotatable bonds is 18. The number of nitrogens with zero attached hydrogens (tertiary/aromatic N) is 3. The fourth-order valence-corrected chi connectivity index (χ4v) is 8.45. The van der Waals surface area contributed by atoms with Gasteiger partial charge in [-0.25, -0.2) is 14.8 Å². The summed E-state index contributed by atoms with van der Waals surface area (Å²) in [7, 11) is -3.38. The van der Waals surface area contributed by atoms with Gasteiger partial charge in [0.15, 0.2) is 0 Å². The zero-order valence-electron chi connectivity index (χ0n) is 36.3. The molecule has 0 bridgehead atoms. The van der Waals surface area contributed by atoms with E-state index >= 15 is 0 Å². The quantitative estimate of drug-likeness (QED) is 0.0808. The second-order valence-corrected chi connectivity index (χ2v) is 16.4. The molecule has 0 aliphatic carbocycles. The SMILES string of the molecule is CC[NH+](CC)CC.COc1ccc(C(OC[C@H]2O[C@@H](n3cc(C)c(=O)[nH]c3=O)C[C@@H]2OP(=O)([O-])OCCc2ncc(-c3ccccc3)cn2)(c2ccccc2)c2ccccc2)cc1. The van der Waals surface area contributed by atoms with Crippen molar-refractivity contribution in [2.75, 3.05) is 40.0 Å². The molecule has 6 aromatic rings. The van der Waals surface area contributed by atoms with Crippen molar-refractivity contribution >= 4 is 7.82 Å². The van der Waals surface area contributed by atoms with Gasteiger partial charge in [-0.3, -0.25) is 18.9 Å². The summed E-state index contributed by atoms with van der Waals surface area (Å²) in [6.07, 6.45) is 1.56. The number of quaternary nitrogens is 1. The van der Waals surface area contributed by atoms with Gasteiger partial charge in [0.25, 0.3) is 13.4 Å². The van der Waals surface area contributed by atoms with Crippen LogP contribution in [0.4, 0.5) is 0 Å². The maximum Gasteiger partial charge on any atom is 0.330 e. The van der Waals surface area contributed by atoms with Crippen LogP contribution in [-0.2, 0) is 35.1 Å². The number of ether oxygens (including phenoxy) is 3. The molecule has 1 unspecified atom stereocenters. The average Bonchev–Trinajstić information content (AvgIpc) is 3.71. The Labute approximate surface area is 368 Å². The lowest BCUT2D eigenvalue weighted by Gasteiger charge is -2.37. The van der Waals surface area contributed by atoms with Crippen LogP contribution in [0, 0.1) is 6.92 Å². The molecule has 2 aromatic heterocycles. The first-order valence-corrected chi connectivity index (χ1v) is 22.7. The summed E-state index contributed by atoms with van der Waals surface area (Å²) in [5, 5.41) is 0. The minimum atomic E-state index is -4.97. The van der Waals surface area contributed by atoms with Gasteiger partial charge in [0.2, 0.25) is 0 Å². The number of nitrogens with one attached hydrogen (secondary N) is 2. The van der Waals surface area contributed by atoms with Gasteiger partial charge in [0.05, 0.1) is 46.1 Å². The number of aryl methyl sites for hydroxylation is 1. The third kappa shape index (κ3) is 11.9. The number of hydrogen-bond acceptors (Lipinski definition) is 11. The number of phosphoric ester groups is 1. The third-order valence-electron chi connectivity index (χ3n) is 11.1. The van der Waals surface area contributed by atoms with Crippen molar-refractivity contribution < 1.29 is 37.6 Å². The molecule has 14 nitrogen and oxygen atoms in total. The van der Waals surface area contributed by atoms with Gasteiger partial charge >= 0.3 is 5.69 Å². The van der Waals surface area contributed by atoms with Crippen LogP contribution < -0.4 is 25.8 Å². The normalized spacial score (nSPS) is 17.2. The van der Waals surface area contributed by atoms with Gasteiger partial charge in [0, 0.05) is 42.6 Å². The monoisotopic (exact) mass is 877 g/mol. The number of benzene rings is 4. The number of hydrogen-bond donors (Lipinski definition) is 2. The molecule has 3 heterocycles. The molecule has 4 atom stereocenters. The van der Waals surface area contributed by atoms with E-state index in [-0.39, 0.29) is 31.6 Å². The molecule has 7 rings (SSSR count). The predicted molar refractivity (Wildman–Crippen MR) is 238 cm³/mol. The highest BCUT2D eigenvalue weighted by atomic mass is 31.2. The summed E-state index contributed by atoms with van der Waals surface area (Å²) in [6, 6.07) is 36.4. The lowest BCUT2D eigenvalue weighted by atomic mass is 9.80. The van der Waals surface area contributed by atoms with Gasteiger partial charge in [-0.15, -0.1) is 0 Å². The summed E-state index contributed by atoms with van der Waals surface area (Å²) < 4.78 is 44.5. The molecule has 0 saturated carbocycles. The van der Waals surface area contributed by atoms with Crippen molar-refractivity contribution in [3.63, 3.8) is 0 Å². The Hall–Kier alpha value is -5.57. The fraction of sp³-hybridized carbons (Fsp3) is 0.333. The summed E-state index contributed by atoms with van der Waals surface area (Å²) in [5.74, 6) is 1.05. The van der Waals surface area contributed by atoms with E-state index in [0.29, 0.717) is 11.6 Å². The Balaban J connectivity index is 0.000000871. The minimum absolute atomic E-state index is 0.0781. The van der Waals surface area contributed by atoms with Crippen LogP contribution >= 0.6 is 7.82 Å². The zero-order valence-corrected chi connectivity index (χ0v) is 37.2. The largest absolute Gasteiger partial charge is 0.756 e. The lowest BCUT2D eigenvalue weighted by molar-refractivity contribution is -0.894. The summed E-state index contributed by atoms with van der Waals surface area (Å²) in [5.41, 5.74) is 1.96. The molecule has 2 N–H and O–H groups in total. The smallest absolute Gasteiger partial charge is 0.330 e. The summed E-state index contributed by atoms with van der Waals surface area (Å²) in [6.45, 7) is 11.6. The van der Waals surface area contributed by atoms with E-state index in [1.165, 1.54) is 30.4 Å². The van der Waals surface area contributed by atoms with Gasteiger partial charge in [-0.05, 0) is 62.1 Å². The van der Waals surface area contributed by atoms with Crippen molar-refractivity contribution in [1.82, 2.24) is 19.5 Å². The van der Waals surface area contributed by atoms with Crippen LogP contribution in [0.3, 0.4) is 0 Å². The van der Waals surface area contributed by atoms with Crippen molar-refractivity contribution in [2.45, 2.75) is 64.6 Å². The minimum Gasteiger partial charge on any atom is -0.756 e. The average molecular weight is 878 g/mol. The first-order chi connectivity index (χ1) is 30.5. The van der Waals surface area contributed by atoms with Crippen molar-refractivity contribution in [1.29, 1.82) is 0 Å². The summed E-state index contributed by atoms with van der Waals surface area (Å²) >= 11 is 0. The first-order valence-electron chi connectivity index (χ1n) is 21.2. The number of aromatic amines is 1. The van der Waals surface area contributed by atoms with E-state index in [9.17, 15) is 19.0 Å². The Bertz CT molecular complexity index is 2440. The number of aromatic nitrogens is 4. The first kappa shape index (κ1) is 46.9. The molecule has 0 amide bonds. The third-order valence-corrected chi connectivity index (χ3v) is 12.1.